The standard InChI is InChI=1S/C13H20BrN/c1-5-6-11(4)15-13-8-10(3)9(2)7-12(13)14/h7-8,11,15H,5-6H2,1-4H3. The van der Waals surface area contributed by atoms with E-state index in [9.17, 15) is 0 Å². The molecule has 0 bridgehead atoms. The summed E-state index contributed by atoms with van der Waals surface area (Å²) in [6.07, 6.45) is 2.43. The lowest BCUT2D eigenvalue weighted by Crippen LogP contribution is -2.15. The molecule has 0 saturated carbocycles. The second kappa shape index (κ2) is 5.55. The van der Waals surface area contributed by atoms with Crippen molar-refractivity contribution in [3.8, 4) is 0 Å². The first-order valence-corrected chi connectivity index (χ1v) is 6.37. The maximum atomic E-state index is 3.60. The SMILES string of the molecule is CCCC(C)Nc1cc(C)c(C)cc1Br. The van der Waals surface area contributed by atoms with Crippen LogP contribution in [0.25, 0.3) is 0 Å². The molecule has 1 aromatic carbocycles. The van der Waals surface area contributed by atoms with Gasteiger partial charge in [-0.3, -0.25) is 0 Å². The average molecular weight is 270 g/mol. The first kappa shape index (κ1) is 12.6. The van der Waals surface area contributed by atoms with E-state index in [4.69, 9.17) is 0 Å². The Morgan fingerprint density at radius 1 is 1.27 bits per heavy atom. The Hall–Kier alpha value is -0.500. The van der Waals surface area contributed by atoms with E-state index in [2.05, 4.69) is 61.1 Å². The average Bonchev–Trinajstić information content (AvgIpc) is 2.14. The second-order valence-corrected chi connectivity index (χ2v) is 5.10. The molecule has 0 amide bonds. The maximum absolute atomic E-state index is 3.60. The maximum Gasteiger partial charge on any atom is 0.0489 e. The Kier molecular flexibility index (Phi) is 4.65. The molecule has 84 valence electrons. The number of rotatable bonds is 4. The van der Waals surface area contributed by atoms with Crippen LogP contribution in [0.3, 0.4) is 0 Å². The summed E-state index contributed by atoms with van der Waals surface area (Å²) in [5, 5.41) is 3.53. The molecule has 0 saturated heterocycles. The summed E-state index contributed by atoms with van der Waals surface area (Å²) in [6.45, 7) is 8.73. The van der Waals surface area contributed by atoms with Crippen molar-refractivity contribution in [2.45, 2.75) is 46.6 Å². The van der Waals surface area contributed by atoms with Gasteiger partial charge in [0.1, 0.15) is 0 Å². The predicted molar refractivity (Wildman–Crippen MR) is 71.6 cm³/mol. The number of aryl methyl sites for hydroxylation is 2. The van der Waals surface area contributed by atoms with Gasteiger partial charge >= 0.3 is 0 Å². The first-order valence-electron chi connectivity index (χ1n) is 5.58. The molecule has 2 heteroatoms. The fraction of sp³-hybridized carbons (Fsp3) is 0.538. The number of benzene rings is 1. The molecule has 0 heterocycles. The molecule has 15 heavy (non-hydrogen) atoms. The van der Waals surface area contributed by atoms with E-state index >= 15 is 0 Å². The molecule has 0 fully saturated rings. The van der Waals surface area contributed by atoms with Gasteiger partial charge in [-0.05, 0) is 66.4 Å². The fourth-order valence-corrected chi connectivity index (χ4v) is 2.23. The summed E-state index contributed by atoms with van der Waals surface area (Å²) in [6, 6.07) is 4.93. The molecular formula is C13H20BrN. The summed E-state index contributed by atoms with van der Waals surface area (Å²) in [5.41, 5.74) is 3.87. The lowest BCUT2D eigenvalue weighted by Gasteiger charge is -2.17. The lowest BCUT2D eigenvalue weighted by atomic mass is 10.1. The third-order valence-corrected chi connectivity index (χ3v) is 3.36. The van der Waals surface area contributed by atoms with Crippen molar-refractivity contribution in [1.29, 1.82) is 0 Å². The fourth-order valence-electron chi connectivity index (χ4n) is 1.66. The number of hydrogen-bond donors (Lipinski definition) is 1. The molecule has 1 atom stereocenters. The van der Waals surface area contributed by atoms with Crippen LogP contribution in [0, 0.1) is 13.8 Å². The third-order valence-electron chi connectivity index (χ3n) is 2.71. The van der Waals surface area contributed by atoms with Crippen molar-refractivity contribution >= 4 is 21.6 Å². The van der Waals surface area contributed by atoms with Gasteiger partial charge in [-0.25, -0.2) is 0 Å². The van der Waals surface area contributed by atoms with Crippen LogP contribution < -0.4 is 5.32 Å². The van der Waals surface area contributed by atoms with E-state index in [1.807, 2.05) is 0 Å². The molecule has 1 nitrogen and oxygen atoms in total. The lowest BCUT2D eigenvalue weighted by molar-refractivity contribution is 0.690. The van der Waals surface area contributed by atoms with E-state index in [0.29, 0.717) is 6.04 Å². The van der Waals surface area contributed by atoms with Gasteiger partial charge in [0.05, 0.1) is 0 Å². The third kappa shape index (κ3) is 3.53. The summed E-state index contributed by atoms with van der Waals surface area (Å²) >= 11 is 3.60. The van der Waals surface area contributed by atoms with Gasteiger partial charge in [0.15, 0.2) is 0 Å². The first-order chi connectivity index (χ1) is 7.04. The van der Waals surface area contributed by atoms with Crippen LogP contribution in [0.4, 0.5) is 5.69 Å². The zero-order chi connectivity index (χ0) is 11.4. The number of halogens is 1. The number of nitrogens with one attached hydrogen (secondary N) is 1. The summed E-state index contributed by atoms with van der Waals surface area (Å²) in [5.74, 6) is 0. The molecule has 0 aliphatic rings. The van der Waals surface area contributed by atoms with Crippen LogP contribution >= 0.6 is 15.9 Å². The predicted octanol–water partition coefficient (Wildman–Crippen LogP) is 4.67. The smallest absolute Gasteiger partial charge is 0.0489 e. The van der Waals surface area contributed by atoms with Gasteiger partial charge < -0.3 is 5.32 Å². The van der Waals surface area contributed by atoms with Crippen LogP contribution in [0.5, 0.6) is 0 Å². The molecule has 1 N–H and O–H groups in total. The molecule has 0 aromatic heterocycles. The Morgan fingerprint density at radius 2 is 1.87 bits per heavy atom. The minimum atomic E-state index is 0.536. The highest BCUT2D eigenvalue weighted by Crippen LogP contribution is 2.27. The van der Waals surface area contributed by atoms with Crippen LogP contribution in [-0.2, 0) is 0 Å². The quantitative estimate of drug-likeness (QED) is 0.838. The van der Waals surface area contributed by atoms with E-state index in [1.54, 1.807) is 0 Å². The molecular weight excluding hydrogens is 250 g/mol. The largest absolute Gasteiger partial charge is 0.382 e. The Labute approximate surface area is 101 Å². The Morgan fingerprint density at radius 3 is 2.47 bits per heavy atom. The molecule has 0 aliphatic heterocycles. The van der Waals surface area contributed by atoms with Crippen LogP contribution in [0.2, 0.25) is 0 Å². The van der Waals surface area contributed by atoms with E-state index in [-0.39, 0.29) is 0 Å². The highest BCUT2D eigenvalue weighted by molar-refractivity contribution is 9.10. The molecule has 1 rings (SSSR count). The van der Waals surface area contributed by atoms with Crippen LogP contribution in [0.15, 0.2) is 16.6 Å². The monoisotopic (exact) mass is 269 g/mol. The Bertz CT molecular complexity index is 334. The number of anilines is 1. The molecule has 1 unspecified atom stereocenters. The van der Waals surface area contributed by atoms with Crippen molar-refractivity contribution in [3.63, 3.8) is 0 Å². The van der Waals surface area contributed by atoms with Gasteiger partial charge in [0.25, 0.3) is 0 Å². The van der Waals surface area contributed by atoms with Crippen molar-refractivity contribution in [2.75, 3.05) is 5.32 Å². The normalized spacial score (nSPS) is 12.6. The van der Waals surface area contributed by atoms with Crippen molar-refractivity contribution < 1.29 is 0 Å². The molecule has 0 aliphatic carbocycles. The minimum Gasteiger partial charge on any atom is -0.382 e. The summed E-state index contributed by atoms with van der Waals surface area (Å²) in [7, 11) is 0. The minimum absolute atomic E-state index is 0.536. The zero-order valence-electron chi connectivity index (χ0n) is 10.0. The van der Waals surface area contributed by atoms with Gasteiger partial charge in [-0.15, -0.1) is 0 Å². The topological polar surface area (TPSA) is 12.0 Å². The second-order valence-electron chi connectivity index (χ2n) is 4.25. The van der Waals surface area contributed by atoms with Gasteiger partial charge in [0, 0.05) is 16.2 Å². The number of hydrogen-bond acceptors (Lipinski definition) is 1. The van der Waals surface area contributed by atoms with E-state index < -0.39 is 0 Å². The van der Waals surface area contributed by atoms with Crippen molar-refractivity contribution in [2.24, 2.45) is 0 Å². The molecule has 0 radical (unpaired) electrons. The van der Waals surface area contributed by atoms with Crippen molar-refractivity contribution in [3.05, 3.63) is 27.7 Å². The van der Waals surface area contributed by atoms with E-state index in [1.165, 1.54) is 29.7 Å². The van der Waals surface area contributed by atoms with Crippen molar-refractivity contribution in [1.82, 2.24) is 0 Å². The van der Waals surface area contributed by atoms with E-state index in [0.717, 1.165) is 4.47 Å². The van der Waals surface area contributed by atoms with Gasteiger partial charge in [0.2, 0.25) is 0 Å². The van der Waals surface area contributed by atoms with Crippen LogP contribution in [0.1, 0.15) is 37.8 Å². The van der Waals surface area contributed by atoms with Crippen LogP contribution in [-0.4, -0.2) is 6.04 Å². The highest BCUT2D eigenvalue weighted by atomic mass is 79.9. The Balaban J connectivity index is 2.81. The van der Waals surface area contributed by atoms with Gasteiger partial charge in [-0.2, -0.15) is 0 Å². The van der Waals surface area contributed by atoms with Gasteiger partial charge in [-0.1, -0.05) is 13.3 Å². The molecule has 0 spiro atoms. The summed E-state index contributed by atoms with van der Waals surface area (Å²) in [4.78, 5) is 0. The zero-order valence-corrected chi connectivity index (χ0v) is 11.6. The summed E-state index contributed by atoms with van der Waals surface area (Å²) < 4.78 is 1.16. The molecule has 1 aromatic rings. The highest BCUT2D eigenvalue weighted by Gasteiger charge is 2.05.